The monoisotopic (exact) mass is 313 g/mol. The van der Waals surface area contributed by atoms with Crippen LogP contribution in [0.3, 0.4) is 0 Å². The highest BCUT2D eigenvalue weighted by atomic mass is 35.5. The van der Waals surface area contributed by atoms with Gasteiger partial charge in [0.1, 0.15) is 11.5 Å². The van der Waals surface area contributed by atoms with Crippen LogP contribution in [0.1, 0.15) is 18.9 Å². The molecule has 1 aliphatic rings. The second-order valence-corrected chi connectivity index (χ2v) is 7.18. The van der Waals surface area contributed by atoms with E-state index in [1.165, 1.54) is 16.4 Å². The van der Waals surface area contributed by atoms with Crippen molar-refractivity contribution in [2.24, 2.45) is 5.92 Å². The first-order chi connectivity index (χ1) is 9.45. The number of hydrogen-bond acceptors (Lipinski definition) is 3. The Morgan fingerprint density at radius 1 is 1.50 bits per heavy atom. The van der Waals surface area contributed by atoms with Crippen LogP contribution < -0.4 is 0 Å². The lowest BCUT2D eigenvalue weighted by Gasteiger charge is -2.17. The Morgan fingerprint density at radius 3 is 2.80 bits per heavy atom. The minimum atomic E-state index is -3.54. The normalized spacial score (nSPS) is 19.6. The fraction of sp³-hybridized carbons (Fsp3) is 0.429. The average molecular weight is 314 g/mol. The molecule has 0 bridgehead atoms. The predicted octanol–water partition coefficient (Wildman–Crippen LogP) is 1.71. The Kier molecular flexibility index (Phi) is 4.71. The Balaban J connectivity index is 2.33. The summed E-state index contributed by atoms with van der Waals surface area (Å²) in [6.45, 7) is 2.85. The summed E-state index contributed by atoms with van der Waals surface area (Å²) in [5.74, 6) is 5.57. The molecule has 0 amide bonds. The molecule has 1 saturated heterocycles. The second kappa shape index (κ2) is 6.15. The van der Waals surface area contributed by atoms with Crippen molar-refractivity contribution in [3.63, 3.8) is 0 Å². The standard InChI is InChI=1S/C14H16ClNO3S/c1-11-6-7-16(10-11)20(18,19)14-5-4-12(3-2-8-17)9-13(14)15/h4-5,9,11,17H,6-8,10H2,1H3. The molecule has 6 heteroatoms. The minimum absolute atomic E-state index is 0.114. The van der Waals surface area contributed by atoms with E-state index in [0.29, 0.717) is 24.6 Å². The Hall–Kier alpha value is -1.06. The zero-order chi connectivity index (χ0) is 14.8. The van der Waals surface area contributed by atoms with Crippen LogP contribution >= 0.6 is 11.6 Å². The van der Waals surface area contributed by atoms with E-state index in [-0.39, 0.29) is 16.5 Å². The molecule has 1 aromatic rings. The molecule has 1 heterocycles. The molecule has 0 spiro atoms. The molecule has 0 radical (unpaired) electrons. The Labute approximate surface area is 124 Å². The number of aliphatic hydroxyl groups is 1. The van der Waals surface area contributed by atoms with Crippen LogP contribution in [0.5, 0.6) is 0 Å². The van der Waals surface area contributed by atoms with E-state index in [1.54, 1.807) is 6.07 Å². The van der Waals surface area contributed by atoms with Gasteiger partial charge in [-0.05, 0) is 30.5 Å². The molecule has 1 aliphatic heterocycles. The van der Waals surface area contributed by atoms with Gasteiger partial charge in [-0.2, -0.15) is 4.31 Å². The van der Waals surface area contributed by atoms with E-state index in [9.17, 15) is 8.42 Å². The molecule has 0 aromatic heterocycles. The molecule has 1 atom stereocenters. The molecule has 1 N–H and O–H groups in total. The first-order valence-corrected chi connectivity index (χ1v) is 8.16. The number of benzene rings is 1. The van der Waals surface area contributed by atoms with Crippen molar-refractivity contribution in [3.8, 4) is 11.8 Å². The van der Waals surface area contributed by atoms with E-state index >= 15 is 0 Å². The van der Waals surface area contributed by atoms with Gasteiger partial charge in [0, 0.05) is 18.7 Å². The Bertz CT molecular complexity index is 661. The number of rotatable bonds is 2. The molecule has 0 aliphatic carbocycles. The SMILES string of the molecule is CC1CCN(S(=O)(=O)c2ccc(C#CCO)cc2Cl)C1. The Morgan fingerprint density at radius 2 is 2.25 bits per heavy atom. The lowest BCUT2D eigenvalue weighted by atomic mass is 10.2. The summed E-state index contributed by atoms with van der Waals surface area (Å²) in [5, 5.41) is 8.80. The first kappa shape index (κ1) is 15.3. The van der Waals surface area contributed by atoms with Gasteiger partial charge >= 0.3 is 0 Å². The van der Waals surface area contributed by atoms with Crippen molar-refractivity contribution in [2.45, 2.75) is 18.2 Å². The topological polar surface area (TPSA) is 57.6 Å². The fourth-order valence-electron chi connectivity index (χ4n) is 2.18. The maximum absolute atomic E-state index is 12.5. The van der Waals surface area contributed by atoms with Crippen LogP contribution in [0, 0.1) is 17.8 Å². The van der Waals surface area contributed by atoms with Crippen LogP contribution in [-0.4, -0.2) is 37.5 Å². The number of nitrogens with zero attached hydrogens (tertiary/aromatic N) is 1. The van der Waals surface area contributed by atoms with Gasteiger partial charge in [-0.1, -0.05) is 30.4 Å². The highest BCUT2D eigenvalue weighted by Crippen LogP contribution is 2.29. The van der Waals surface area contributed by atoms with E-state index in [4.69, 9.17) is 16.7 Å². The summed E-state index contributed by atoms with van der Waals surface area (Å²) in [5.41, 5.74) is 0.581. The van der Waals surface area contributed by atoms with Crippen molar-refractivity contribution in [3.05, 3.63) is 28.8 Å². The summed E-state index contributed by atoms with van der Waals surface area (Å²) >= 11 is 6.07. The molecular weight excluding hydrogens is 298 g/mol. The molecule has 4 nitrogen and oxygen atoms in total. The predicted molar refractivity (Wildman–Crippen MR) is 78.0 cm³/mol. The summed E-state index contributed by atoms with van der Waals surface area (Å²) in [6, 6.07) is 4.58. The zero-order valence-corrected chi connectivity index (χ0v) is 12.7. The van der Waals surface area contributed by atoms with Crippen molar-refractivity contribution in [1.82, 2.24) is 4.31 Å². The molecular formula is C14H16ClNO3S. The average Bonchev–Trinajstić information content (AvgIpc) is 2.83. The fourth-order valence-corrected chi connectivity index (χ4v) is 4.27. The molecule has 2 rings (SSSR count). The maximum atomic E-state index is 12.5. The van der Waals surface area contributed by atoms with Gasteiger partial charge in [0.2, 0.25) is 10.0 Å². The highest BCUT2D eigenvalue weighted by molar-refractivity contribution is 7.89. The van der Waals surface area contributed by atoms with Gasteiger partial charge in [-0.3, -0.25) is 0 Å². The molecule has 0 saturated carbocycles. The number of halogens is 1. The van der Waals surface area contributed by atoms with Crippen LogP contribution in [0.25, 0.3) is 0 Å². The zero-order valence-electron chi connectivity index (χ0n) is 11.1. The third kappa shape index (κ3) is 3.15. The van der Waals surface area contributed by atoms with E-state index in [2.05, 4.69) is 11.8 Å². The van der Waals surface area contributed by atoms with Crippen molar-refractivity contribution in [2.75, 3.05) is 19.7 Å². The van der Waals surface area contributed by atoms with E-state index in [1.807, 2.05) is 6.92 Å². The van der Waals surface area contributed by atoms with Crippen molar-refractivity contribution >= 4 is 21.6 Å². The maximum Gasteiger partial charge on any atom is 0.244 e. The molecule has 1 unspecified atom stereocenters. The van der Waals surface area contributed by atoms with Gasteiger partial charge < -0.3 is 5.11 Å². The van der Waals surface area contributed by atoms with E-state index in [0.717, 1.165) is 6.42 Å². The second-order valence-electron chi connectivity index (χ2n) is 4.86. The van der Waals surface area contributed by atoms with Crippen molar-refractivity contribution < 1.29 is 13.5 Å². The van der Waals surface area contributed by atoms with Gasteiger partial charge in [-0.25, -0.2) is 8.42 Å². The first-order valence-electron chi connectivity index (χ1n) is 6.34. The van der Waals surface area contributed by atoms with Gasteiger partial charge in [0.15, 0.2) is 0 Å². The summed E-state index contributed by atoms with van der Waals surface area (Å²) in [6.07, 6.45) is 0.872. The number of aliphatic hydroxyl groups excluding tert-OH is 1. The number of sulfonamides is 1. The van der Waals surface area contributed by atoms with Crippen LogP contribution in [0.4, 0.5) is 0 Å². The third-order valence-electron chi connectivity index (χ3n) is 3.25. The van der Waals surface area contributed by atoms with Gasteiger partial charge in [0.25, 0.3) is 0 Å². The smallest absolute Gasteiger partial charge is 0.244 e. The molecule has 1 fully saturated rings. The molecule has 1 aromatic carbocycles. The van der Waals surface area contributed by atoms with E-state index < -0.39 is 10.0 Å². The van der Waals surface area contributed by atoms with Gasteiger partial charge in [0.05, 0.1) is 5.02 Å². The van der Waals surface area contributed by atoms with Crippen LogP contribution in [0.2, 0.25) is 5.02 Å². The minimum Gasteiger partial charge on any atom is -0.384 e. The van der Waals surface area contributed by atoms with Gasteiger partial charge in [-0.15, -0.1) is 0 Å². The molecule has 20 heavy (non-hydrogen) atoms. The summed E-state index contributed by atoms with van der Waals surface area (Å²) < 4.78 is 26.5. The summed E-state index contributed by atoms with van der Waals surface area (Å²) in [4.78, 5) is 0.114. The summed E-state index contributed by atoms with van der Waals surface area (Å²) in [7, 11) is -3.54. The largest absolute Gasteiger partial charge is 0.384 e. The number of hydrogen-bond donors (Lipinski definition) is 1. The highest BCUT2D eigenvalue weighted by Gasteiger charge is 2.31. The molecule has 108 valence electrons. The van der Waals surface area contributed by atoms with Crippen molar-refractivity contribution in [1.29, 1.82) is 0 Å². The van der Waals surface area contributed by atoms with Crippen LogP contribution in [0.15, 0.2) is 23.1 Å². The lowest BCUT2D eigenvalue weighted by Crippen LogP contribution is -2.28. The quantitative estimate of drug-likeness (QED) is 0.846. The van der Waals surface area contributed by atoms with Crippen LogP contribution in [-0.2, 0) is 10.0 Å². The third-order valence-corrected chi connectivity index (χ3v) is 5.60. The lowest BCUT2D eigenvalue weighted by molar-refractivity contribution is 0.350.